The van der Waals surface area contributed by atoms with Crippen LogP contribution in [0.5, 0.6) is 0 Å². The number of hydrogen-bond donors (Lipinski definition) is 1. The summed E-state index contributed by atoms with van der Waals surface area (Å²) in [4.78, 5) is 23.9. The zero-order valence-corrected chi connectivity index (χ0v) is 16.5. The molecule has 0 unspecified atom stereocenters. The summed E-state index contributed by atoms with van der Waals surface area (Å²) in [6.45, 7) is 3.96. The van der Waals surface area contributed by atoms with Gasteiger partial charge in [0, 0.05) is 22.0 Å². The van der Waals surface area contributed by atoms with Crippen LogP contribution in [0, 0.1) is 0 Å². The molecule has 0 aliphatic rings. The largest absolute Gasteiger partial charge is 0.444 e. The van der Waals surface area contributed by atoms with E-state index >= 15 is 0 Å². The number of carbonyl (C=O) groups is 1. The molecule has 2 heterocycles. The third-order valence-electron chi connectivity index (χ3n) is 2.85. The van der Waals surface area contributed by atoms with E-state index in [2.05, 4.69) is 31.7 Å². The van der Waals surface area contributed by atoms with Crippen molar-refractivity contribution in [2.45, 2.75) is 32.9 Å². The van der Waals surface area contributed by atoms with E-state index in [1.807, 2.05) is 0 Å². The minimum absolute atomic E-state index is 0.475. The van der Waals surface area contributed by atoms with Crippen LogP contribution in [0.25, 0.3) is 5.00 Å². The fourth-order valence-corrected chi connectivity index (χ4v) is 3.14. The Morgan fingerprint density at radius 2 is 2.08 bits per heavy atom. The molecule has 2 aromatic rings. The second-order valence-electron chi connectivity index (χ2n) is 6.15. The smallest absolute Gasteiger partial charge is 0.407 e. The Kier molecular flexibility index (Phi) is 6.29. The molecule has 0 spiro atoms. The molecular weight excluding hydrogens is 436 g/mol. The number of tetrazole rings is 1. The molecular formula is C14H16BrF2N5O3S. The van der Waals surface area contributed by atoms with Gasteiger partial charge in [0.15, 0.2) is 0 Å². The third-order valence-corrected chi connectivity index (χ3v) is 4.52. The Bertz CT molecular complexity index is 880. The van der Waals surface area contributed by atoms with Gasteiger partial charge in [0.05, 0.1) is 6.54 Å². The van der Waals surface area contributed by atoms with Crippen molar-refractivity contribution in [3.05, 3.63) is 38.1 Å². The lowest BCUT2D eigenvalue weighted by Crippen LogP contribution is -2.34. The van der Waals surface area contributed by atoms with Crippen LogP contribution in [0.3, 0.4) is 0 Å². The molecule has 0 saturated heterocycles. The molecule has 1 amide bonds. The number of halogens is 3. The average molecular weight is 452 g/mol. The number of aromatic nitrogens is 4. The average Bonchev–Trinajstić information content (AvgIpc) is 3.07. The number of amides is 1. The van der Waals surface area contributed by atoms with Gasteiger partial charge in [-0.2, -0.15) is 18.1 Å². The van der Waals surface area contributed by atoms with Gasteiger partial charge in [0.2, 0.25) is 0 Å². The van der Waals surface area contributed by atoms with Crippen LogP contribution in [0.4, 0.5) is 13.6 Å². The van der Waals surface area contributed by atoms with Crippen molar-refractivity contribution >= 4 is 33.4 Å². The van der Waals surface area contributed by atoms with Crippen molar-refractivity contribution in [2.24, 2.45) is 0 Å². The summed E-state index contributed by atoms with van der Waals surface area (Å²) < 4.78 is 33.8. The van der Waals surface area contributed by atoms with Crippen molar-refractivity contribution in [1.82, 2.24) is 25.1 Å². The zero-order valence-electron chi connectivity index (χ0n) is 14.1. The van der Waals surface area contributed by atoms with E-state index in [9.17, 15) is 18.4 Å². The summed E-state index contributed by atoms with van der Waals surface area (Å²) in [5.74, 6) is 0. The number of thiophene rings is 1. The molecule has 1 N–H and O–H groups in total. The lowest BCUT2D eigenvalue weighted by atomic mass is 10.2. The molecule has 0 aliphatic heterocycles. The number of nitrogens with one attached hydrogen (secondary N) is 1. The molecule has 0 bridgehead atoms. The predicted molar refractivity (Wildman–Crippen MR) is 94.7 cm³/mol. The highest BCUT2D eigenvalue weighted by Gasteiger charge is 2.19. The van der Waals surface area contributed by atoms with Crippen molar-refractivity contribution < 1.29 is 18.3 Å². The molecule has 2 aromatic heterocycles. The van der Waals surface area contributed by atoms with Gasteiger partial charge < -0.3 is 10.1 Å². The maximum atomic E-state index is 13.2. The van der Waals surface area contributed by atoms with Crippen LogP contribution in [0.1, 0.15) is 20.8 Å². The first kappa shape index (κ1) is 20.2. The Hall–Kier alpha value is -2.08. The molecule has 2 rings (SSSR count). The van der Waals surface area contributed by atoms with E-state index in [-0.39, 0.29) is 0 Å². The van der Waals surface area contributed by atoms with Crippen LogP contribution in [0.15, 0.2) is 32.4 Å². The summed E-state index contributed by atoms with van der Waals surface area (Å²) in [5.41, 5.74) is -1.90. The number of ether oxygens (including phenoxy) is 1. The lowest BCUT2D eigenvalue weighted by Gasteiger charge is -2.19. The molecule has 0 radical (unpaired) electrons. The Morgan fingerprint density at radius 3 is 2.62 bits per heavy atom. The number of hydrogen-bond acceptors (Lipinski definition) is 6. The van der Waals surface area contributed by atoms with Crippen LogP contribution in [0.2, 0.25) is 0 Å². The molecule has 12 heteroatoms. The Balaban J connectivity index is 2.10. The molecule has 0 saturated carbocycles. The Morgan fingerprint density at radius 1 is 1.38 bits per heavy atom. The summed E-state index contributed by atoms with van der Waals surface area (Å²) >= 11 is 4.50. The first-order chi connectivity index (χ1) is 12.1. The molecule has 0 fully saturated rings. The van der Waals surface area contributed by atoms with Crippen LogP contribution in [-0.4, -0.2) is 38.0 Å². The standard InChI is InChI=1S/C14H16BrF2N5O3S/c1-14(2,3)25-12(23)18-5-8(11(16)17)6-21-13(24)22(20-19-21)10-4-9(15)7-26-10/h4,7H,5-6H2,1-3H3,(H,18,23). The van der Waals surface area contributed by atoms with Gasteiger partial charge in [-0.1, -0.05) is 0 Å². The van der Waals surface area contributed by atoms with Gasteiger partial charge in [0.25, 0.3) is 6.08 Å². The topological polar surface area (TPSA) is 91.0 Å². The second-order valence-corrected chi connectivity index (χ2v) is 7.96. The van der Waals surface area contributed by atoms with E-state index in [0.717, 1.165) is 13.8 Å². The van der Waals surface area contributed by atoms with Crippen molar-refractivity contribution in [3.63, 3.8) is 0 Å². The van der Waals surface area contributed by atoms with Crippen LogP contribution < -0.4 is 11.0 Å². The number of alkyl carbamates (subject to hydrolysis) is 1. The van der Waals surface area contributed by atoms with Gasteiger partial charge in [-0.15, -0.1) is 11.3 Å². The summed E-state index contributed by atoms with van der Waals surface area (Å²) in [6.07, 6.45) is -2.85. The van der Waals surface area contributed by atoms with Crippen molar-refractivity contribution in [1.29, 1.82) is 0 Å². The monoisotopic (exact) mass is 451 g/mol. The van der Waals surface area contributed by atoms with E-state index < -0.39 is 42.1 Å². The van der Waals surface area contributed by atoms with Crippen molar-refractivity contribution in [3.8, 4) is 5.00 Å². The first-order valence-corrected chi connectivity index (χ1v) is 9.01. The highest BCUT2D eigenvalue weighted by molar-refractivity contribution is 9.10. The summed E-state index contributed by atoms with van der Waals surface area (Å²) in [7, 11) is 0. The van der Waals surface area contributed by atoms with E-state index in [1.54, 1.807) is 32.2 Å². The fraction of sp³-hybridized carbons (Fsp3) is 0.429. The number of carbonyl (C=O) groups excluding carboxylic acids is 1. The molecule has 142 valence electrons. The fourth-order valence-electron chi connectivity index (χ4n) is 1.78. The van der Waals surface area contributed by atoms with Gasteiger partial charge in [0.1, 0.15) is 10.6 Å². The van der Waals surface area contributed by atoms with Crippen LogP contribution >= 0.6 is 27.3 Å². The molecule has 0 aliphatic carbocycles. The lowest BCUT2D eigenvalue weighted by molar-refractivity contribution is 0.0531. The molecule has 26 heavy (non-hydrogen) atoms. The van der Waals surface area contributed by atoms with Crippen molar-refractivity contribution in [2.75, 3.05) is 6.54 Å². The Labute approximate surface area is 159 Å². The number of rotatable bonds is 5. The number of nitrogens with zero attached hydrogens (tertiary/aromatic N) is 4. The summed E-state index contributed by atoms with van der Waals surface area (Å²) in [6, 6.07) is 1.65. The highest BCUT2D eigenvalue weighted by Crippen LogP contribution is 2.21. The van der Waals surface area contributed by atoms with E-state index in [4.69, 9.17) is 4.74 Å². The zero-order chi connectivity index (χ0) is 19.5. The molecule has 8 nitrogen and oxygen atoms in total. The third kappa shape index (κ3) is 5.46. The maximum absolute atomic E-state index is 13.2. The highest BCUT2D eigenvalue weighted by atomic mass is 79.9. The quantitative estimate of drug-likeness (QED) is 0.754. The molecule has 0 atom stereocenters. The summed E-state index contributed by atoms with van der Waals surface area (Å²) in [5, 5.41) is 11.8. The minimum atomic E-state index is -2.01. The SMILES string of the molecule is CC(C)(C)OC(=O)NCC(Cn1nnn(-c2cc(Br)cs2)c1=O)=C(F)F. The normalized spacial score (nSPS) is 11.3. The van der Waals surface area contributed by atoms with E-state index in [1.165, 1.54) is 11.3 Å². The van der Waals surface area contributed by atoms with Crippen LogP contribution in [-0.2, 0) is 11.3 Å². The second kappa shape index (κ2) is 8.08. The molecule has 0 aromatic carbocycles. The van der Waals surface area contributed by atoms with Gasteiger partial charge in [-0.25, -0.2) is 9.59 Å². The van der Waals surface area contributed by atoms with Gasteiger partial charge >= 0.3 is 11.8 Å². The first-order valence-electron chi connectivity index (χ1n) is 7.34. The minimum Gasteiger partial charge on any atom is -0.444 e. The maximum Gasteiger partial charge on any atom is 0.407 e. The predicted octanol–water partition coefficient (Wildman–Crippen LogP) is 2.93. The van der Waals surface area contributed by atoms with Gasteiger partial charge in [-0.3, -0.25) is 0 Å². The van der Waals surface area contributed by atoms with Gasteiger partial charge in [-0.05, 0) is 53.2 Å². The van der Waals surface area contributed by atoms with E-state index in [0.29, 0.717) is 5.00 Å².